The van der Waals surface area contributed by atoms with Crippen molar-refractivity contribution < 1.29 is 0 Å². The van der Waals surface area contributed by atoms with Gasteiger partial charge in [0.15, 0.2) is 0 Å². The van der Waals surface area contributed by atoms with E-state index in [4.69, 9.17) is 4.98 Å². The Morgan fingerprint density at radius 2 is 1.86 bits per heavy atom. The molecule has 0 aliphatic carbocycles. The van der Waals surface area contributed by atoms with Gasteiger partial charge in [-0.2, -0.15) is 0 Å². The van der Waals surface area contributed by atoms with Crippen LogP contribution in [0.15, 0.2) is 12.1 Å². The van der Waals surface area contributed by atoms with Crippen LogP contribution in [0.1, 0.15) is 51.8 Å². The standard InChI is InChI=1S/C18H31N3/c1-13(2)17-6-8-21(9-7-17)18-11-16(10-15(5)20-18)12-19-14(3)4/h10-11,13-14,17,19H,6-9,12H2,1-5H3. The molecule has 1 aromatic heterocycles. The molecule has 0 radical (unpaired) electrons. The zero-order valence-electron chi connectivity index (χ0n) is 14.3. The lowest BCUT2D eigenvalue weighted by Crippen LogP contribution is -2.36. The molecule has 0 spiro atoms. The van der Waals surface area contributed by atoms with Crippen molar-refractivity contribution in [1.29, 1.82) is 0 Å². The van der Waals surface area contributed by atoms with Crippen molar-refractivity contribution >= 4 is 5.82 Å². The van der Waals surface area contributed by atoms with Gasteiger partial charge in [-0.05, 0) is 49.3 Å². The molecule has 0 unspecified atom stereocenters. The molecule has 21 heavy (non-hydrogen) atoms. The molecule has 118 valence electrons. The summed E-state index contributed by atoms with van der Waals surface area (Å²) in [6.07, 6.45) is 2.60. The Morgan fingerprint density at radius 3 is 2.43 bits per heavy atom. The number of aromatic nitrogens is 1. The summed E-state index contributed by atoms with van der Waals surface area (Å²) in [5.41, 5.74) is 2.47. The fourth-order valence-electron chi connectivity index (χ4n) is 3.10. The van der Waals surface area contributed by atoms with E-state index in [0.717, 1.165) is 43.0 Å². The van der Waals surface area contributed by atoms with E-state index in [-0.39, 0.29) is 0 Å². The van der Waals surface area contributed by atoms with Gasteiger partial charge >= 0.3 is 0 Å². The number of anilines is 1. The first-order valence-electron chi connectivity index (χ1n) is 8.41. The fraction of sp³-hybridized carbons (Fsp3) is 0.722. The Hall–Kier alpha value is -1.09. The van der Waals surface area contributed by atoms with E-state index < -0.39 is 0 Å². The van der Waals surface area contributed by atoms with Gasteiger partial charge in [-0.15, -0.1) is 0 Å². The minimum Gasteiger partial charge on any atom is -0.357 e. The van der Waals surface area contributed by atoms with Gasteiger partial charge in [0, 0.05) is 31.4 Å². The van der Waals surface area contributed by atoms with Crippen LogP contribution in [0.25, 0.3) is 0 Å². The summed E-state index contributed by atoms with van der Waals surface area (Å²) < 4.78 is 0. The number of piperidine rings is 1. The highest BCUT2D eigenvalue weighted by atomic mass is 15.2. The van der Waals surface area contributed by atoms with Crippen molar-refractivity contribution in [2.45, 2.75) is 60.0 Å². The molecule has 1 aromatic rings. The quantitative estimate of drug-likeness (QED) is 0.894. The molecule has 0 aromatic carbocycles. The minimum absolute atomic E-state index is 0.517. The normalized spacial score (nSPS) is 17.0. The van der Waals surface area contributed by atoms with Crippen molar-refractivity contribution in [2.24, 2.45) is 11.8 Å². The van der Waals surface area contributed by atoms with E-state index in [2.05, 4.69) is 57.0 Å². The molecule has 2 rings (SSSR count). The van der Waals surface area contributed by atoms with Crippen LogP contribution in [0.4, 0.5) is 5.82 Å². The molecule has 1 N–H and O–H groups in total. The molecule has 0 amide bonds. The summed E-state index contributed by atoms with van der Waals surface area (Å²) in [6, 6.07) is 4.97. The summed E-state index contributed by atoms with van der Waals surface area (Å²) in [5.74, 6) is 2.86. The minimum atomic E-state index is 0.517. The third-order valence-electron chi connectivity index (χ3n) is 4.52. The maximum absolute atomic E-state index is 4.75. The van der Waals surface area contributed by atoms with E-state index in [1.54, 1.807) is 0 Å². The van der Waals surface area contributed by atoms with Crippen molar-refractivity contribution in [3.63, 3.8) is 0 Å². The first kappa shape index (κ1) is 16.3. The van der Waals surface area contributed by atoms with Gasteiger partial charge in [-0.3, -0.25) is 0 Å². The van der Waals surface area contributed by atoms with E-state index in [9.17, 15) is 0 Å². The molecular formula is C18H31N3. The lowest BCUT2D eigenvalue weighted by atomic mass is 9.87. The lowest BCUT2D eigenvalue weighted by Gasteiger charge is -2.35. The summed E-state index contributed by atoms with van der Waals surface area (Å²) in [6.45, 7) is 14.4. The smallest absolute Gasteiger partial charge is 0.129 e. The average molecular weight is 289 g/mol. The second kappa shape index (κ2) is 7.26. The summed E-state index contributed by atoms with van der Waals surface area (Å²) in [4.78, 5) is 7.22. The van der Waals surface area contributed by atoms with Crippen LogP contribution in [0.2, 0.25) is 0 Å². The Balaban J connectivity index is 2.03. The predicted octanol–water partition coefficient (Wildman–Crippen LogP) is 3.76. The van der Waals surface area contributed by atoms with Crippen LogP contribution in [-0.4, -0.2) is 24.1 Å². The summed E-state index contributed by atoms with van der Waals surface area (Å²) in [7, 11) is 0. The number of hydrogen-bond donors (Lipinski definition) is 1. The van der Waals surface area contributed by atoms with Crippen LogP contribution in [0, 0.1) is 18.8 Å². The molecule has 1 aliphatic heterocycles. The number of nitrogens with zero attached hydrogens (tertiary/aromatic N) is 2. The Labute approximate surface area is 130 Å². The Morgan fingerprint density at radius 1 is 1.19 bits per heavy atom. The van der Waals surface area contributed by atoms with Crippen molar-refractivity contribution in [2.75, 3.05) is 18.0 Å². The van der Waals surface area contributed by atoms with Gasteiger partial charge < -0.3 is 10.2 Å². The number of rotatable bonds is 5. The first-order chi connectivity index (χ1) is 9.95. The Kier molecular flexibility index (Phi) is 5.63. The second-order valence-corrected chi connectivity index (χ2v) is 7.08. The third-order valence-corrected chi connectivity index (χ3v) is 4.52. The predicted molar refractivity (Wildman–Crippen MR) is 90.7 cm³/mol. The molecule has 1 fully saturated rings. The largest absolute Gasteiger partial charge is 0.357 e. The fourth-order valence-corrected chi connectivity index (χ4v) is 3.10. The number of nitrogens with one attached hydrogen (secondary N) is 1. The highest BCUT2D eigenvalue weighted by Crippen LogP contribution is 2.27. The molecule has 0 bridgehead atoms. The van der Waals surface area contributed by atoms with E-state index >= 15 is 0 Å². The molecule has 0 atom stereocenters. The SMILES string of the molecule is Cc1cc(CNC(C)C)cc(N2CCC(C(C)C)CC2)n1. The average Bonchev–Trinajstić information content (AvgIpc) is 2.44. The van der Waals surface area contributed by atoms with Crippen LogP contribution < -0.4 is 10.2 Å². The third kappa shape index (κ3) is 4.70. The topological polar surface area (TPSA) is 28.2 Å². The molecule has 3 nitrogen and oxygen atoms in total. The van der Waals surface area contributed by atoms with E-state index in [1.807, 2.05) is 0 Å². The van der Waals surface area contributed by atoms with Crippen LogP contribution in [-0.2, 0) is 6.54 Å². The molecule has 1 aliphatic rings. The van der Waals surface area contributed by atoms with Crippen LogP contribution >= 0.6 is 0 Å². The molecule has 1 saturated heterocycles. The monoisotopic (exact) mass is 289 g/mol. The lowest BCUT2D eigenvalue weighted by molar-refractivity contribution is 0.310. The highest BCUT2D eigenvalue weighted by molar-refractivity contribution is 5.43. The van der Waals surface area contributed by atoms with Gasteiger partial charge in [-0.1, -0.05) is 27.7 Å². The molecule has 0 saturated carbocycles. The maximum atomic E-state index is 4.75. The molecular weight excluding hydrogens is 258 g/mol. The number of hydrogen-bond acceptors (Lipinski definition) is 3. The van der Waals surface area contributed by atoms with Gasteiger partial charge in [0.25, 0.3) is 0 Å². The number of aryl methyl sites for hydroxylation is 1. The van der Waals surface area contributed by atoms with Gasteiger partial charge in [-0.25, -0.2) is 4.98 Å². The zero-order valence-corrected chi connectivity index (χ0v) is 14.3. The maximum Gasteiger partial charge on any atom is 0.129 e. The Bertz CT molecular complexity index is 446. The summed E-state index contributed by atoms with van der Waals surface area (Å²) >= 11 is 0. The van der Waals surface area contributed by atoms with E-state index in [0.29, 0.717) is 6.04 Å². The van der Waals surface area contributed by atoms with Gasteiger partial charge in [0.2, 0.25) is 0 Å². The van der Waals surface area contributed by atoms with Crippen LogP contribution in [0.3, 0.4) is 0 Å². The molecule has 3 heteroatoms. The van der Waals surface area contributed by atoms with Gasteiger partial charge in [0.05, 0.1) is 0 Å². The van der Waals surface area contributed by atoms with Crippen molar-refractivity contribution in [3.8, 4) is 0 Å². The highest BCUT2D eigenvalue weighted by Gasteiger charge is 2.22. The van der Waals surface area contributed by atoms with Crippen molar-refractivity contribution in [1.82, 2.24) is 10.3 Å². The van der Waals surface area contributed by atoms with Gasteiger partial charge in [0.1, 0.15) is 5.82 Å². The number of pyridine rings is 1. The second-order valence-electron chi connectivity index (χ2n) is 7.08. The molecule has 2 heterocycles. The summed E-state index contributed by atoms with van der Waals surface area (Å²) in [5, 5.41) is 3.49. The van der Waals surface area contributed by atoms with Crippen LogP contribution in [0.5, 0.6) is 0 Å². The first-order valence-corrected chi connectivity index (χ1v) is 8.41. The zero-order chi connectivity index (χ0) is 15.4. The van der Waals surface area contributed by atoms with E-state index in [1.165, 1.54) is 18.4 Å². The van der Waals surface area contributed by atoms with Crippen molar-refractivity contribution in [3.05, 3.63) is 23.4 Å².